The summed E-state index contributed by atoms with van der Waals surface area (Å²) >= 11 is 3.07. The van der Waals surface area contributed by atoms with E-state index in [9.17, 15) is 4.39 Å². The van der Waals surface area contributed by atoms with Crippen molar-refractivity contribution in [2.75, 3.05) is 0 Å². The van der Waals surface area contributed by atoms with Crippen molar-refractivity contribution < 1.29 is 7.13 Å². The third-order valence-corrected chi connectivity index (χ3v) is 1.57. The highest BCUT2D eigenvalue weighted by Gasteiger charge is 1.94. The number of alkyl halides is 1. The number of benzene rings is 1. The first-order chi connectivity index (χ1) is 5.15. The third-order valence-electron chi connectivity index (χ3n) is 0.966. The van der Waals surface area contributed by atoms with Gasteiger partial charge in [0.15, 0.2) is 0 Å². The molecule has 0 aliphatic heterocycles. The predicted octanol–water partition coefficient (Wildman–Crippen LogP) is 2.72. The smallest absolute Gasteiger partial charge is 0.127 e. The molecule has 0 fully saturated rings. The van der Waals surface area contributed by atoms with Gasteiger partial charge in [0.2, 0.25) is 0 Å². The molecule has 0 spiro atoms. The summed E-state index contributed by atoms with van der Waals surface area (Å²) in [6.45, 7) is 0. The lowest BCUT2D eigenvalue weighted by atomic mass is 10.2. The van der Waals surface area contributed by atoms with Crippen LogP contribution >= 0.6 is 15.9 Å². The summed E-state index contributed by atoms with van der Waals surface area (Å²) in [6, 6.07) is 2.54. The molecule has 0 atom stereocenters. The summed E-state index contributed by atoms with van der Waals surface area (Å²) in [5, 5.41) is 0.345. The van der Waals surface area contributed by atoms with Gasteiger partial charge < -0.3 is 0 Å². The first-order valence-corrected chi connectivity index (χ1v) is 3.59. The average molecular weight is 191 g/mol. The molecule has 0 aliphatic carbocycles. The molecular formula is C7H6BrF. The highest BCUT2D eigenvalue weighted by atomic mass is 79.9. The predicted molar refractivity (Wildman–Crippen MR) is 39.0 cm³/mol. The van der Waals surface area contributed by atoms with Gasteiger partial charge in [-0.1, -0.05) is 34.1 Å². The molecule has 1 aromatic rings. The highest BCUT2D eigenvalue weighted by Crippen LogP contribution is 2.09. The zero-order chi connectivity index (χ0) is 8.43. The fraction of sp³-hybridized carbons (Fsp3) is 0.143. The number of rotatable bonds is 1. The number of hydrogen-bond donors (Lipinski definition) is 0. The van der Waals surface area contributed by atoms with Crippen LogP contribution in [0, 0.1) is 5.82 Å². The Balaban J connectivity index is 3.24. The second-order valence-electron chi connectivity index (χ2n) is 1.57. The van der Waals surface area contributed by atoms with Gasteiger partial charge in [-0.2, -0.15) is 0 Å². The lowest BCUT2D eigenvalue weighted by molar-refractivity contribution is 0.618. The van der Waals surface area contributed by atoms with E-state index in [2.05, 4.69) is 15.9 Å². The Labute approximate surface area is 64.6 Å². The van der Waals surface area contributed by atoms with Crippen molar-refractivity contribution in [3.05, 3.63) is 35.6 Å². The zero-order valence-corrected chi connectivity index (χ0v) is 6.20. The quantitative estimate of drug-likeness (QED) is 0.598. The molecule has 0 unspecified atom stereocenters. The van der Waals surface area contributed by atoms with E-state index in [0.29, 0.717) is 10.9 Å². The summed E-state index contributed by atoms with van der Waals surface area (Å²) in [5.41, 5.74) is 0.363. The SMILES string of the molecule is [2H]c1cc([2H])c(F)c(CBr)c1. The first-order valence-electron chi connectivity index (χ1n) is 3.46. The van der Waals surface area contributed by atoms with Gasteiger partial charge in [-0.3, -0.25) is 0 Å². The van der Waals surface area contributed by atoms with E-state index in [1.165, 1.54) is 12.1 Å². The van der Waals surface area contributed by atoms with Gasteiger partial charge in [-0.05, 0) is 11.6 Å². The summed E-state index contributed by atoms with van der Waals surface area (Å²) in [4.78, 5) is 0. The van der Waals surface area contributed by atoms with Gasteiger partial charge in [0.05, 0.1) is 2.74 Å². The van der Waals surface area contributed by atoms with E-state index >= 15 is 0 Å². The Hall–Kier alpha value is -0.370. The van der Waals surface area contributed by atoms with E-state index in [1.807, 2.05) is 0 Å². The van der Waals surface area contributed by atoms with Crippen LogP contribution in [0.5, 0.6) is 0 Å². The van der Waals surface area contributed by atoms with Crippen LogP contribution in [-0.4, -0.2) is 0 Å². The normalized spacial score (nSPS) is 12.7. The largest absolute Gasteiger partial charge is 0.207 e. The maximum atomic E-state index is 12.9. The van der Waals surface area contributed by atoms with Crippen LogP contribution in [0.25, 0.3) is 0 Å². The van der Waals surface area contributed by atoms with Crippen LogP contribution < -0.4 is 0 Å². The summed E-state index contributed by atoms with van der Waals surface area (Å²) in [7, 11) is 0. The molecule has 0 amide bonds. The molecule has 0 saturated heterocycles. The minimum absolute atomic E-state index is 0.172. The Morgan fingerprint density at radius 1 is 1.78 bits per heavy atom. The lowest BCUT2D eigenvalue weighted by Crippen LogP contribution is -1.81. The Bertz CT molecular complexity index is 275. The molecular weight excluding hydrogens is 183 g/mol. The molecule has 48 valence electrons. The zero-order valence-electron chi connectivity index (χ0n) is 6.62. The average Bonchev–Trinajstić information content (AvgIpc) is 1.96. The van der Waals surface area contributed by atoms with E-state index < -0.39 is 5.82 Å². The maximum Gasteiger partial charge on any atom is 0.127 e. The fourth-order valence-electron chi connectivity index (χ4n) is 0.501. The van der Waals surface area contributed by atoms with Crippen LogP contribution in [-0.2, 0) is 5.33 Å². The van der Waals surface area contributed by atoms with Crippen molar-refractivity contribution in [3.63, 3.8) is 0 Å². The molecule has 0 radical (unpaired) electrons. The summed E-state index contributed by atoms with van der Waals surface area (Å²) in [5.74, 6) is -0.544. The van der Waals surface area contributed by atoms with Gasteiger partial charge >= 0.3 is 0 Å². The van der Waals surface area contributed by atoms with Crippen molar-refractivity contribution in [3.8, 4) is 0 Å². The van der Waals surface area contributed by atoms with Gasteiger partial charge in [-0.25, -0.2) is 4.39 Å². The van der Waals surface area contributed by atoms with Crippen molar-refractivity contribution in [2.24, 2.45) is 0 Å². The fourth-order valence-corrected chi connectivity index (χ4v) is 0.909. The van der Waals surface area contributed by atoms with Gasteiger partial charge in [0.1, 0.15) is 5.82 Å². The minimum Gasteiger partial charge on any atom is -0.207 e. The summed E-state index contributed by atoms with van der Waals surface area (Å²) in [6.07, 6.45) is 0. The standard InChI is InChI=1S/C7H6BrF/c8-5-6-3-1-2-4-7(6)9/h1-4H,5H2/i1D,4D. The topological polar surface area (TPSA) is 0 Å². The van der Waals surface area contributed by atoms with Crippen molar-refractivity contribution in [1.29, 1.82) is 0 Å². The van der Waals surface area contributed by atoms with Crippen molar-refractivity contribution >= 4 is 15.9 Å². The Kier molecular flexibility index (Phi) is 1.47. The molecule has 1 aromatic carbocycles. The Morgan fingerprint density at radius 3 is 3.22 bits per heavy atom. The molecule has 2 heteroatoms. The van der Waals surface area contributed by atoms with Crippen molar-refractivity contribution in [2.45, 2.75) is 5.33 Å². The molecule has 1 rings (SSSR count). The second kappa shape index (κ2) is 2.97. The molecule has 0 bridgehead atoms. The molecule has 0 nitrogen and oxygen atoms in total. The second-order valence-corrected chi connectivity index (χ2v) is 2.13. The minimum atomic E-state index is -0.544. The number of halogens is 2. The van der Waals surface area contributed by atoms with Crippen molar-refractivity contribution in [1.82, 2.24) is 0 Å². The van der Waals surface area contributed by atoms with E-state index in [0.717, 1.165) is 0 Å². The molecule has 0 N–H and O–H groups in total. The molecule has 0 aliphatic rings. The highest BCUT2D eigenvalue weighted by molar-refractivity contribution is 9.08. The van der Waals surface area contributed by atoms with Gasteiger partial charge in [0.25, 0.3) is 0 Å². The third kappa shape index (κ3) is 1.52. The first kappa shape index (κ1) is 4.45. The van der Waals surface area contributed by atoms with Crippen LogP contribution in [0.15, 0.2) is 24.2 Å². The van der Waals surface area contributed by atoms with E-state index in [4.69, 9.17) is 2.74 Å². The molecule has 9 heavy (non-hydrogen) atoms. The van der Waals surface area contributed by atoms with Crippen LogP contribution in [0.4, 0.5) is 4.39 Å². The molecule has 0 aromatic heterocycles. The van der Waals surface area contributed by atoms with Crippen LogP contribution in [0.3, 0.4) is 0 Å². The van der Waals surface area contributed by atoms with Gasteiger partial charge in [0, 0.05) is 5.33 Å². The summed E-state index contributed by atoms with van der Waals surface area (Å²) < 4.78 is 27.1. The van der Waals surface area contributed by atoms with Gasteiger partial charge in [-0.15, -0.1) is 0 Å². The maximum absolute atomic E-state index is 12.9. The number of hydrogen-bond acceptors (Lipinski definition) is 0. The van der Waals surface area contributed by atoms with E-state index in [1.54, 1.807) is 0 Å². The lowest BCUT2D eigenvalue weighted by Gasteiger charge is -1.93. The molecule has 0 saturated carbocycles. The Morgan fingerprint density at radius 2 is 2.56 bits per heavy atom. The monoisotopic (exact) mass is 190 g/mol. The van der Waals surface area contributed by atoms with Crippen LogP contribution in [0.2, 0.25) is 0 Å². The molecule has 0 heterocycles. The van der Waals surface area contributed by atoms with E-state index in [-0.39, 0.29) is 12.1 Å². The van der Waals surface area contributed by atoms with Crippen LogP contribution in [0.1, 0.15) is 8.30 Å².